The van der Waals surface area contributed by atoms with Crippen LogP contribution in [-0.4, -0.2) is 48.3 Å². The molecular weight excluding hydrogens is 550 g/mol. The zero-order valence-electron chi connectivity index (χ0n) is 27.7. The quantitative estimate of drug-likeness (QED) is 0.123. The van der Waals surface area contributed by atoms with Gasteiger partial charge in [0, 0.05) is 30.8 Å². The van der Waals surface area contributed by atoms with Crippen molar-refractivity contribution >= 4 is 11.7 Å². The van der Waals surface area contributed by atoms with Crippen molar-refractivity contribution in [3.8, 4) is 0 Å². The van der Waals surface area contributed by atoms with Crippen molar-refractivity contribution in [2.24, 2.45) is 0 Å². The highest BCUT2D eigenvalue weighted by Crippen LogP contribution is 2.38. The lowest BCUT2D eigenvalue weighted by Crippen LogP contribution is -2.40. The van der Waals surface area contributed by atoms with Crippen molar-refractivity contribution in [1.82, 2.24) is 10.2 Å². The van der Waals surface area contributed by atoms with E-state index >= 15 is 0 Å². The third-order valence-corrected chi connectivity index (χ3v) is 8.49. The molecular formula is C37H59N3O4. The molecule has 3 N–H and O–H groups in total. The molecule has 2 amide bonds. The molecule has 44 heavy (non-hydrogen) atoms. The summed E-state index contributed by atoms with van der Waals surface area (Å²) in [5.41, 5.74) is 3.58. The number of ether oxygens (including phenoxy) is 2. The molecule has 246 valence electrons. The zero-order valence-corrected chi connectivity index (χ0v) is 27.7. The number of carbonyl (C=O) groups excluding carboxylic acids is 1. The Kier molecular flexibility index (Phi) is 17.5. The van der Waals surface area contributed by atoms with E-state index < -0.39 is 6.29 Å². The monoisotopic (exact) mass is 609 g/mol. The van der Waals surface area contributed by atoms with Crippen LogP contribution in [-0.2, 0) is 16.1 Å². The minimum absolute atomic E-state index is 0.0106. The fourth-order valence-electron chi connectivity index (χ4n) is 5.95. The van der Waals surface area contributed by atoms with Gasteiger partial charge in [0.1, 0.15) is 0 Å². The van der Waals surface area contributed by atoms with E-state index in [-0.39, 0.29) is 24.8 Å². The molecule has 2 aromatic rings. The van der Waals surface area contributed by atoms with Crippen LogP contribution in [0.2, 0.25) is 0 Å². The molecule has 0 bridgehead atoms. The van der Waals surface area contributed by atoms with Gasteiger partial charge in [0.05, 0.1) is 18.8 Å². The van der Waals surface area contributed by atoms with Gasteiger partial charge in [0.15, 0.2) is 6.29 Å². The second-order valence-electron chi connectivity index (χ2n) is 12.3. The summed E-state index contributed by atoms with van der Waals surface area (Å²) in [6, 6.07) is 15.6. The summed E-state index contributed by atoms with van der Waals surface area (Å²) < 4.78 is 13.3. The van der Waals surface area contributed by atoms with Gasteiger partial charge < -0.3 is 30.1 Å². The maximum absolute atomic E-state index is 12.2. The molecule has 1 heterocycles. The number of aliphatic hydroxyl groups excluding tert-OH is 1. The molecule has 0 unspecified atom stereocenters. The first-order valence-corrected chi connectivity index (χ1v) is 17.4. The van der Waals surface area contributed by atoms with E-state index in [0.717, 1.165) is 42.7 Å². The van der Waals surface area contributed by atoms with Crippen LogP contribution in [0.4, 0.5) is 10.5 Å². The summed E-state index contributed by atoms with van der Waals surface area (Å²) >= 11 is 0. The Morgan fingerprint density at radius 2 is 1.45 bits per heavy atom. The highest BCUT2D eigenvalue weighted by atomic mass is 16.7. The van der Waals surface area contributed by atoms with Gasteiger partial charge in [0.2, 0.25) is 0 Å². The third-order valence-electron chi connectivity index (χ3n) is 8.49. The Labute approximate surface area is 267 Å². The van der Waals surface area contributed by atoms with Crippen molar-refractivity contribution < 1.29 is 19.4 Å². The molecule has 0 aliphatic carbocycles. The SMILES string of the molecule is CCCCCCCCN(CCCCCCCC)C[C@@H]1C[C@H](c2ccc(CO)cc2)O[C@H](c2cccc(NC(=O)NCC)c2)O1. The predicted molar refractivity (Wildman–Crippen MR) is 181 cm³/mol. The maximum Gasteiger partial charge on any atom is 0.319 e. The van der Waals surface area contributed by atoms with Gasteiger partial charge in [-0.1, -0.05) is 114 Å². The Morgan fingerprint density at radius 3 is 2.07 bits per heavy atom. The number of benzene rings is 2. The van der Waals surface area contributed by atoms with E-state index in [1.165, 1.54) is 77.0 Å². The van der Waals surface area contributed by atoms with Crippen LogP contribution in [0.3, 0.4) is 0 Å². The predicted octanol–water partition coefficient (Wildman–Crippen LogP) is 8.89. The lowest BCUT2D eigenvalue weighted by atomic mass is 9.99. The van der Waals surface area contributed by atoms with Crippen LogP contribution < -0.4 is 10.6 Å². The van der Waals surface area contributed by atoms with E-state index in [2.05, 4.69) is 41.5 Å². The lowest BCUT2D eigenvalue weighted by Gasteiger charge is -2.38. The van der Waals surface area contributed by atoms with Crippen LogP contribution in [0.15, 0.2) is 48.5 Å². The molecule has 0 spiro atoms. The number of hydrogen-bond acceptors (Lipinski definition) is 5. The number of rotatable bonds is 21. The number of aliphatic hydroxyl groups is 1. The first-order valence-electron chi connectivity index (χ1n) is 17.4. The smallest absolute Gasteiger partial charge is 0.319 e. The minimum Gasteiger partial charge on any atom is -0.392 e. The van der Waals surface area contributed by atoms with E-state index in [1.807, 2.05) is 43.3 Å². The largest absolute Gasteiger partial charge is 0.392 e. The molecule has 2 aromatic carbocycles. The summed E-state index contributed by atoms with van der Waals surface area (Å²) in [5, 5.41) is 15.3. The van der Waals surface area contributed by atoms with Gasteiger partial charge in [0.25, 0.3) is 0 Å². The van der Waals surface area contributed by atoms with Gasteiger partial charge in [-0.3, -0.25) is 0 Å². The van der Waals surface area contributed by atoms with Crippen molar-refractivity contribution in [3.63, 3.8) is 0 Å². The minimum atomic E-state index is -0.544. The van der Waals surface area contributed by atoms with Gasteiger partial charge in [-0.2, -0.15) is 0 Å². The molecule has 0 aromatic heterocycles. The van der Waals surface area contributed by atoms with Crippen LogP contribution in [0.1, 0.15) is 133 Å². The van der Waals surface area contributed by atoms with Crippen LogP contribution in [0.25, 0.3) is 0 Å². The lowest BCUT2D eigenvalue weighted by molar-refractivity contribution is -0.253. The molecule has 0 radical (unpaired) electrons. The van der Waals surface area contributed by atoms with Gasteiger partial charge in [-0.05, 0) is 56.1 Å². The van der Waals surface area contributed by atoms with E-state index in [4.69, 9.17) is 9.47 Å². The van der Waals surface area contributed by atoms with Gasteiger partial charge >= 0.3 is 6.03 Å². The molecule has 3 rings (SSSR count). The summed E-state index contributed by atoms with van der Waals surface area (Å²) in [4.78, 5) is 14.8. The second kappa shape index (κ2) is 21.3. The van der Waals surface area contributed by atoms with Gasteiger partial charge in [-0.15, -0.1) is 0 Å². The Hall–Kier alpha value is -2.45. The van der Waals surface area contributed by atoms with Crippen LogP contribution >= 0.6 is 0 Å². The third kappa shape index (κ3) is 13.3. The first-order chi connectivity index (χ1) is 21.6. The fourth-order valence-corrected chi connectivity index (χ4v) is 5.95. The zero-order chi connectivity index (χ0) is 31.4. The topological polar surface area (TPSA) is 83.1 Å². The summed E-state index contributed by atoms with van der Waals surface area (Å²) in [5.74, 6) is 0. The first kappa shape index (κ1) is 36.0. The normalized spacial score (nSPS) is 18.4. The van der Waals surface area contributed by atoms with Crippen molar-refractivity contribution in [1.29, 1.82) is 0 Å². The summed E-state index contributed by atoms with van der Waals surface area (Å²) in [6.07, 6.45) is 15.7. The second-order valence-corrected chi connectivity index (χ2v) is 12.3. The number of urea groups is 1. The van der Waals surface area contributed by atoms with Crippen molar-refractivity contribution in [2.75, 3.05) is 31.5 Å². The molecule has 1 aliphatic heterocycles. The standard InChI is InChI=1S/C37H59N3O4/c1-4-7-9-11-13-15-24-40(25-16-14-12-10-8-5-2)28-34-27-35(31-22-20-30(29-41)21-23-31)44-36(43-34)32-18-17-19-33(26-32)39-37(42)38-6-3/h17-23,26,34-36,41H,4-16,24-25,27-29H2,1-3H3,(H2,38,39,42)/t34-,35+,36+/m0/s1. The number of carbonyl (C=O) groups is 1. The van der Waals surface area contributed by atoms with Crippen LogP contribution in [0, 0.1) is 0 Å². The number of nitrogens with one attached hydrogen (secondary N) is 2. The molecule has 1 saturated heterocycles. The van der Waals surface area contributed by atoms with E-state index in [0.29, 0.717) is 12.2 Å². The number of nitrogens with zero attached hydrogens (tertiary/aromatic N) is 1. The molecule has 0 saturated carbocycles. The van der Waals surface area contributed by atoms with E-state index in [9.17, 15) is 9.90 Å². The molecule has 7 nitrogen and oxygen atoms in total. The number of hydrogen-bond donors (Lipinski definition) is 3. The van der Waals surface area contributed by atoms with Crippen molar-refractivity contribution in [3.05, 3.63) is 65.2 Å². The molecule has 7 heteroatoms. The molecule has 1 fully saturated rings. The number of anilines is 1. The van der Waals surface area contributed by atoms with E-state index in [1.54, 1.807) is 0 Å². The maximum atomic E-state index is 12.2. The Morgan fingerprint density at radius 1 is 0.818 bits per heavy atom. The molecule has 3 atom stereocenters. The Bertz CT molecular complexity index is 1030. The number of amides is 2. The highest BCUT2D eigenvalue weighted by Gasteiger charge is 2.33. The summed E-state index contributed by atoms with van der Waals surface area (Å²) in [7, 11) is 0. The fraction of sp³-hybridized carbons (Fsp3) is 0.649. The number of unbranched alkanes of at least 4 members (excludes halogenated alkanes) is 10. The summed E-state index contributed by atoms with van der Waals surface area (Å²) in [6.45, 7) is 10.1. The average Bonchev–Trinajstić information content (AvgIpc) is 3.04. The van der Waals surface area contributed by atoms with Crippen molar-refractivity contribution in [2.45, 2.75) is 129 Å². The van der Waals surface area contributed by atoms with Gasteiger partial charge in [-0.25, -0.2) is 4.79 Å². The average molecular weight is 610 g/mol. The van der Waals surface area contributed by atoms with Crippen LogP contribution in [0.5, 0.6) is 0 Å². The molecule has 1 aliphatic rings. The Balaban J connectivity index is 1.73. The highest BCUT2D eigenvalue weighted by molar-refractivity contribution is 5.89.